The smallest absolute Gasteiger partial charge is 0.403 e. The molecule has 2 N–H and O–H groups in total. The average molecular weight is 354 g/mol. The molecule has 0 radical (unpaired) electrons. The highest BCUT2D eigenvalue weighted by molar-refractivity contribution is 6.45. The van der Waals surface area contributed by atoms with Crippen LogP contribution < -0.4 is 5.73 Å². The van der Waals surface area contributed by atoms with E-state index in [2.05, 4.69) is 34.6 Å². The lowest BCUT2D eigenvalue weighted by atomic mass is 9.78. The molecular formula is C19H39BN2O3. The van der Waals surface area contributed by atoms with Crippen LogP contribution in [0.5, 0.6) is 0 Å². The Labute approximate surface area is 155 Å². The van der Waals surface area contributed by atoms with Gasteiger partial charge < -0.3 is 19.9 Å². The minimum atomic E-state index is -0.263. The third-order valence-corrected chi connectivity index (χ3v) is 6.32. The topological polar surface area (TPSA) is 64.8 Å². The van der Waals surface area contributed by atoms with Gasteiger partial charge in [0.05, 0.1) is 11.2 Å². The monoisotopic (exact) mass is 354 g/mol. The Morgan fingerprint density at radius 2 is 1.60 bits per heavy atom. The van der Waals surface area contributed by atoms with Gasteiger partial charge in [-0.2, -0.15) is 0 Å². The maximum absolute atomic E-state index is 12.0. The number of nitrogens with two attached hydrogens (primary N) is 1. The highest BCUT2D eigenvalue weighted by Crippen LogP contribution is 2.38. The largest absolute Gasteiger partial charge is 0.457 e. The van der Waals surface area contributed by atoms with E-state index in [0.29, 0.717) is 6.54 Å². The molecule has 146 valence electrons. The van der Waals surface area contributed by atoms with Crippen molar-refractivity contribution in [3.05, 3.63) is 0 Å². The predicted octanol–water partition coefficient (Wildman–Crippen LogP) is 3.61. The zero-order valence-corrected chi connectivity index (χ0v) is 17.5. The lowest BCUT2D eigenvalue weighted by Crippen LogP contribution is -2.48. The second-order valence-corrected chi connectivity index (χ2v) is 8.48. The summed E-state index contributed by atoms with van der Waals surface area (Å²) in [4.78, 5) is 13.9. The molecule has 0 bridgehead atoms. The standard InChI is InChI=1S/C19H39BN2O3/c1-8-19(13-11-15-21,22(7)16(2)23)12-9-10-14-20-24-17(3,4)18(5,6)25-20/h8-15,21H2,1-7H3. The summed E-state index contributed by atoms with van der Waals surface area (Å²) < 4.78 is 12.1. The van der Waals surface area contributed by atoms with Crippen LogP contribution in [0.3, 0.4) is 0 Å². The highest BCUT2D eigenvalue weighted by atomic mass is 16.7. The van der Waals surface area contributed by atoms with E-state index < -0.39 is 0 Å². The van der Waals surface area contributed by atoms with E-state index in [1.165, 1.54) is 0 Å². The third-order valence-electron chi connectivity index (χ3n) is 6.32. The normalized spacial score (nSPS) is 21.2. The molecule has 0 aromatic rings. The second-order valence-electron chi connectivity index (χ2n) is 8.48. The van der Waals surface area contributed by atoms with Crippen LogP contribution in [0.15, 0.2) is 0 Å². The zero-order valence-electron chi connectivity index (χ0n) is 17.5. The summed E-state index contributed by atoms with van der Waals surface area (Å²) in [7, 11) is 1.80. The highest BCUT2D eigenvalue weighted by Gasteiger charge is 2.50. The fourth-order valence-corrected chi connectivity index (χ4v) is 3.66. The predicted molar refractivity (Wildman–Crippen MR) is 104 cm³/mol. The minimum Gasteiger partial charge on any atom is -0.403 e. The molecular weight excluding hydrogens is 315 g/mol. The number of carbonyl (C=O) groups is 1. The molecule has 0 spiro atoms. The van der Waals surface area contributed by atoms with Gasteiger partial charge in [0.15, 0.2) is 0 Å². The molecule has 0 aromatic carbocycles. The van der Waals surface area contributed by atoms with E-state index in [9.17, 15) is 4.79 Å². The van der Waals surface area contributed by atoms with Gasteiger partial charge in [0.1, 0.15) is 0 Å². The van der Waals surface area contributed by atoms with Gasteiger partial charge in [0, 0.05) is 19.5 Å². The summed E-state index contributed by atoms with van der Waals surface area (Å²) in [6.45, 7) is 12.8. The van der Waals surface area contributed by atoms with Gasteiger partial charge >= 0.3 is 7.12 Å². The van der Waals surface area contributed by atoms with Crippen LogP contribution >= 0.6 is 0 Å². The second kappa shape index (κ2) is 8.87. The first-order valence-electron chi connectivity index (χ1n) is 9.81. The van der Waals surface area contributed by atoms with Gasteiger partial charge in [-0.15, -0.1) is 0 Å². The lowest BCUT2D eigenvalue weighted by Gasteiger charge is -2.41. The SMILES string of the molecule is CCC(CCCN)(CCCCB1OC(C)(C)C(C)(C)O1)N(C)C(C)=O. The van der Waals surface area contributed by atoms with Crippen molar-refractivity contribution in [1.29, 1.82) is 0 Å². The summed E-state index contributed by atoms with van der Waals surface area (Å²) in [6.07, 6.45) is 6.86. The average Bonchev–Trinajstić information content (AvgIpc) is 2.73. The van der Waals surface area contributed by atoms with Gasteiger partial charge in [-0.3, -0.25) is 4.79 Å². The molecule has 1 aliphatic heterocycles. The van der Waals surface area contributed by atoms with Crippen LogP contribution in [0.1, 0.15) is 80.1 Å². The number of rotatable bonds is 10. The van der Waals surface area contributed by atoms with Gasteiger partial charge in [0.2, 0.25) is 5.91 Å². The molecule has 1 aliphatic rings. The Morgan fingerprint density at radius 1 is 1.08 bits per heavy atom. The lowest BCUT2D eigenvalue weighted by molar-refractivity contribution is -0.134. The molecule has 6 heteroatoms. The number of unbranched alkanes of at least 4 members (excludes halogenated alkanes) is 1. The van der Waals surface area contributed by atoms with Gasteiger partial charge in [-0.25, -0.2) is 0 Å². The van der Waals surface area contributed by atoms with E-state index in [4.69, 9.17) is 15.0 Å². The molecule has 1 atom stereocenters. The third kappa shape index (κ3) is 5.44. The van der Waals surface area contributed by atoms with Crippen LogP contribution in [0.25, 0.3) is 0 Å². The van der Waals surface area contributed by atoms with Crippen molar-refractivity contribution in [3.8, 4) is 0 Å². The van der Waals surface area contributed by atoms with Crippen molar-refractivity contribution >= 4 is 13.0 Å². The van der Waals surface area contributed by atoms with Crippen LogP contribution in [0.4, 0.5) is 0 Å². The molecule has 1 rings (SSSR count). The number of hydrogen-bond donors (Lipinski definition) is 1. The number of nitrogens with zero attached hydrogens (tertiary/aromatic N) is 1. The Hall–Kier alpha value is -0.585. The Bertz CT molecular complexity index is 426. The first kappa shape index (κ1) is 22.5. The van der Waals surface area contributed by atoms with Crippen molar-refractivity contribution < 1.29 is 14.1 Å². The molecule has 1 saturated heterocycles. The molecule has 0 aliphatic carbocycles. The molecule has 1 heterocycles. The summed E-state index contributed by atoms with van der Waals surface area (Å²) >= 11 is 0. The zero-order chi connectivity index (χ0) is 19.3. The number of amides is 1. The maximum Gasteiger partial charge on any atom is 0.457 e. The van der Waals surface area contributed by atoms with Crippen LogP contribution in [-0.4, -0.2) is 48.3 Å². The fourth-order valence-electron chi connectivity index (χ4n) is 3.66. The molecule has 5 nitrogen and oxygen atoms in total. The summed E-state index contributed by atoms with van der Waals surface area (Å²) in [5.74, 6) is 0.129. The first-order chi connectivity index (χ1) is 11.5. The summed E-state index contributed by atoms with van der Waals surface area (Å²) in [6, 6.07) is 0. The quantitative estimate of drug-likeness (QED) is 0.481. The summed E-state index contributed by atoms with van der Waals surface area (Å²) in [5, 5.41) is 0. The molecule has 1 fully saturated rings. The molecule has 0 saturated carbocycles. The van der Waals surface area contributed by atoms with E-state index >= 15 is 0 Å². The first-order valence-corrected chi connectivity index (χ1v) is 9.81. The van der Waals surface area contributed by atoms with Gasteiger partial charge in [-0.1, -0.05) is 19.8 Å². The molecule has 1 unspecified atom stereocenters. The summed E-state index contributed by atoms with van der Waals surface area (Å²) in [5.41, 5.74) is 5.11. The van der Waals surface area contributed by atoms with E-state index in [0.717, 1.165) is 44.8 Å². The number of hydrogen-bond acceptors (Lipinski definition) is 4. The minimum absolute atomic E-state index is 0.0822. The van der Waals surface area contributed by atoms with Crippen molar-refractivity contribution in [2.45, 2.75) is 103 Å². The Kier molecular flexibility index (Phi) is 7.97. The van der Waals surface area contributed by atoms with E-state index in [1.54, 1.807) is 6.92 Å². The van der Waals surface area contributed by atoms with E-state index in [1.807, 2.05) is 11.9 Å². The molecule has 1 amide bonds. The maximum atomic E-state index is 12.0. The van der Waals surface area contributed by atoms with Gasteiger partial charge in [-0.05, 0) is 66.2 Å². The number of carbonyl (C=O) groups excluding carboxylic acids is 1. The van der Waals surface area contributed by atoms with Crippen molar-refractivity contribution in [3.63, 3.8) is 0 Å². The van der Waals surface area contributed by atoms with Crippen molar-refractivity contribution in [1.82, 2.24) is 4.90 Å². The van der Waals surface area contributed by atoms with Crippen molar-refractivity contribution in [2.75, 3.05) is 13.6 Å². The Balaban J connectivity index is 2.56. The van der Waals surface area contributed by atoms with E-state index in [-0.39, 0.29) is 29.8 Å². The molecule has 0 aromatic heterocycles. The van der Waals surface area contributed by atoms with Crippen LogP contribution in [0, 0.1) is 0 Å². The van der Waals surface area contributed by atoms with Crippen molar-refractivity contribution in [2.24, 2.45) is 5.73 Å². The van der Waals surface area contributed by atoms with Crippen LogP contribution in [-0.2, 0) is 14.1 Å². The van der Waals surface area contributed by atoms with Gasteiger partial charge in [0.25, 0.3) is 0 Å². The fraction of sp³-hybridized carbons (Fsp3) is 0.947. The van der Waals surface area contributed by atoms with Crippen LogP contribution in [0.2, 0.25) is 6.32 Å². The Morgan fingerprint density at radius 3 is 2.04 bits per heavy atom. The molecule has 25 heavy (non-hydrogen) atoms.